The molecule has 1 atom stereocenters. The van der Waals surface area contributed by atoms with Crippen LogP contribution in [0.15, 0.2) is 40.8 Å². The molecule has 1 N–H and O–H groups in total. The largest absolute Gasteiger partial charge is 0.504 e. The number of aliphatic imine (C=N–C) groups is 1. The normalized spacial score (nSPS) is 20.5. The Hall–Kier alpha value is -2.76. The van der Waals surface area contributed by atoms with Crippen LogP contribution in [0.3, 0.4) is 0 Å². The molecule has 8 heteroatoms. The van der Waals surface area contributed by atoms with E-state index in [0.717, 1.165) is 58.6 Å². The Labute approximate surface area is 182 Å². The van der Waals surface area contributed by atoms with Gasteiger partial charge in [-0.15, -0.1) is 11.3 Å². The maximum absolute atomic E-state index is 9.57. The maximum Gasteiger partial charge on any atom is 0.147 e. The van der Waals surface area contributed by atoms with E-state index in [1.54, 1.807) is 26.6 Å². The molecular formula is C22H29N5O2S. The number of anilines is 1. The number of methoxy groups -OCH3 is 2. The quantitative estimate of drug-likeness (QED) is 0.574. The topological polar surface area (TPSA) is 73.1 Å². The van der Waals surface area contributed by atoms with Crippen molar-refractivity contribution in [2.45, 2.75) is 20.0 Å². The smallest absolute Gasteiger partial charge is 0.147 e. The number of nitrogens with one attached hydrogen (secondary N) is 1. The van der Waals surface area contributed by atoms with Crippen molar-refractivity contribution in [3.05, 3.63) is 51.8 Å². The third-order valence-corrected chi connectivity index (χ3v) is 6.48. The monoisotopic (exact) mass is 427 g/mol. The number of rotatable bonds is 5. The molecule has 30 heavy (non-hydrogen) atoms. The van der Waals surface area contributed by atoms with Gasteiger partial charge in [-0.1, -0.05) is 6.08 Å². The molecule has 1 saturated heterocycles. The standard InChI is InChI=1S/C22H29N5O2S/c1-6-16(13-17(29-5)7-12-28-4)20-24-21(27-10-8-26(3)9-11-27)19-15(2)18(14-23)30-22(19)25-20/h6-7,12-13,20,25H,8-11H2,1-5H3/b12-7+,16-6+,17-13+. The Bertz CT molecular complexity index is 930. The van der Waals surface area contributed by atoms with E-state index in [-0.39, 0.29) is 6.17 Å². The summed E-state index contributed by atoms with van der Waals surface area (Å²) in [6.45, 7) is 7.82. The highest BCUT2D eigenvalue weighted by atomic mass is 32.1. The molecule has 0 bridgehead atoms. The second-order valence-corrected chi connectivity index (χ2v) is 8.26. The summed E-state index contributed by atoms with van der Waals surface area (Å²) in [6.07, 6.45) is 7.07. The summed E-state index contributed by atoms with van der Waals surface area (Å²) in [6, 6.07) is 2.33. The Morgan fingerprint density at radius 1 is 1.30 bits per heavy atom. The molecule has 7 nitrogen and oxygen atoms in total. The number of hydrogen-bond donors (Lipinski definition) is 1. The molecule has 0 aliphatic carbocycles. The summed E-state index contributed by atoms with van der Waals surface area (Å²) in [5, 5.41) is 14.1. The van der Waals surface area contributed by atoms with E-state index in [2.05, 4.69) is 28.2 Å². The molecule has 0 amide bonds. The molecule has 1 fully saturated rings. The van der Waals surface area contributed by atoms with E-state index < -0.39 is 0 Å². The summed E-state index contributed by atoms with van der Waals surface area (Å²) in [7, 11) is 5.37. The van der Waals surface area contributed by atoms with Crippen LogP contribution in [0.1, 0.15) is 22.9 Å². The van der Waals surface area contributed by atoms with Crippen molar-refractivity contribution in [1.82, 2.24) is 9.80 Å². The van der Waals surface area contributed by atoms with Crippen LogP contribution in [-0.2, 0) is 9.47 Å². The first-order valence-electron chi connectivity index (χ1n) is 9.95. The zero-order valence-electron chi connectivity index (χ0n) is 18.2. The van der Waals surface area contributed by atoms with E-state index in [4.69, 9.17) is 14.5 Å². The van der Waals surface area contributed by atoms with Crippen LogP contribution in [0.2, 0.25) is 0 Å². The number of likely N-dealkylation sites (N-methyl/N-ethyl adjacent to an activating group) is 1. The first kappa shape index (κ1) is 21.9. The lowest BCUT2D eigenvalue weighted by Crippen LogP contribution is -2.49. The van der Waals surface area contributed by atoms with Crippen LogP contribution in [0.5, 0.6) is 0 Å². The average Bonchev–Trinajstić information content (AvgIpc) is 3.09. The van der Waals surface area contributed by atoms with Gasteiger partial charge in [-0.25, -0.2) is 4.99 Å². The van der Waals surface area contributed by atoms with Gasteiger partial charge in [0.05, 0.1) is 26.0 Å². The fourth-order valence-corrected chi connectivity index (χ4v) is 4.57. The molecule has 0 aromatic carbocycles. The number of nitriles is 1. The van der Waals surface area contributed by atoms with Gasteiger partial charge in [0.2, 0.25) is 0 Å². The Morgan fingerprint density at radius 2 is 2.03 bits per heavy atom. The minimum atomic E-state index is -0.261. The van der Waals surface area contributed by atoms with Gasteiger partial charge < -0.3 is 24.6 Å². The number of amidine groups is 1. The Kier molecular flexibility index (Phi) is 7.19. The molecule has 1 aromatic rings. The van der Waals surface area contributed by atoms with Crippen molar-refractivity contribution >= 4 is 22.2 Å². The van der Waals surface area contributed by atoms with Crippen LogP contribution in [0.25, 0.3) is 0 Å². The molecule has 160 valence electrons. The molecule has 0 saturated carbocycles. The van der Waals surface area contributed by atoms with Crippen LogP contribution in [0.4, 0.5) is 5.00 Å². The zero-order chi connectivity index (χ0) is 21.7. The predicted molar refractivity (Wildman–Crippen MR) is 122 cm³/mol. The van der Waals surface area contributed by atoms with E-state index in [9.17, 15) is 5.26 Å². The number of thiophene rings is 1. The lowest BCUT2D eigenvalue weighted by Gasteiger charge is -2.37. The summed E-state index contributed by atoms with van der Waals surface area (Å²) in [5.74, 6) is 1.64. The fourth-order valence-electron chi connectivity index (χ4n) is 3.54. The second-order valence-electron chi connectivity index (χ2n) is 7.24. The SMILES string of the molecule is C\C=C(/C=C(\C=C\OC)OC)C1N=C(N2CCN(C)CC2)c2c(sc(C#N)c2C)N1. The third kappa shape index (κ3) is 4.53. The Morgan fingerprint density at radius 3 is 2.63 bits per heavy atom. The zero-order valence-corrected chi connectivity index (χ0v) is 19.0. The van der Waals surface area contributed by atoms with Crippen molar-refractivity contribution in [3.8, 4) is 6.07 Å². The van der Waals surface area contributed by atoms with Gasteiger partial charge in [-0.05, 0) is 38.1 Å². The van der Waals surface area contributed by atoms with Gasteiger partial charge in [0.25, 0.3) is 0 Å². The van der Waals surface area contributed by atoms with Gasteiger partial charge in [0, 0.05) is 32.3 Å². The second kappa shape index (κ2) is 9.83. The fraction of sp³-hybridized carbons (Fsp3) is 0.455. The van der Waals surface area contributed by atoms with Crippen molar-refractivity contribution in [2.24, 2.45) is 4.99 Å². The molecule has 0 radical (unpaired) electrons. The van der Waals surface area contributed by atoms with Crippen LogP contribution < -0.4 is 5.32 Å². The molecular weight excluding hydrogens is 398 g/mol. The van der Waals surface area contributed by atoms with E-state index in [1.807, 2.05) is 26.0 Å². The van der Waals surface area contributed by atoms with Crippen LogP contribution in [-0.4, -0.2) is 69.2 Å². The molecule has 2 aliphatic heterocycles. The number of ether oxygens (including phenoxy) is 2. The molecule has 0 spiro atoms. The molecule has 3 rings (SSSR count). The predicted octanol–water partition coefficient (Wildman–Crippen LogP) is 3.31. The number of nitrogens with zero attached hydrogens (tertiary/aromatic N) is 4. The molecule has 2 aliphatic rings. The highest BCUT2D eigenvalue weighted by Crippen LogP contribution is 2.38. The summed E-state index contributed by atoms with van der Waals surface area (Å²) < 4.78 is 10.5. The van der Waals surface area contributed by atoms with E-state index in [1.165, 1.54) is 11.3 Å². The first-order valence-corrected chi connectivity index (χ1v) is 10.8. The van der Waals surface area contributed by atoms with E-state index >= 15 is 0 Å². The van der Waals surface area contributed by atoms with Crippen LogP contribution in [0, 0.1) is 18.3 Å². The van der Waals surface area contributed by atoms with Crippen molar-refractivity contribution in [2.75, 3.05) is 52.8 Å². The van der Waals surface area contributed by atoms with Gasteiger partial charge in [0.15, 0.2) is 0 Å². The maximum atomic E-state index is 9.57. The lowest BCUT2D eigenvalue weighted by atomic mass is 10.1. The van der Waals surface area contributed by atoms with Gasteiger partial charge >= 0.3 is 0 Å². The summed E-state index contributed by atoms with van der Waals surface area (Å²) in [4.78, 5) is 10.5. The van der Waals surface area contributed by atoms with E-state index in [0.29, 0.717) is 5.76 Å². The molecule has 3 heterocycles. The molecule has 1 unspecified atom stereocenters. The highest BCUT2D eigenvalue weighted by Gasteiger charge is 2.31. The third-order valence-electron chi connectivity index (χ3n) is 5.36. The number of allylic oxidation sites excluding steroid dienone is 2. The summed E-state index contributed by atoms with van der Waals surface area (Å²) in [5.41, 5.74) is 3.04. The minimum absolute atomic E-state index is 0.261. The van der Waals surface area contributed by atoms with Crippen molar-refractivity contribution < 1.29 is 9.47 Å². The Balaban J connectivity index is 2.01. The van der Waals surface area contributed by atoms with Crippen molar-refractivity contribution in [1.29, 1.82) is 5.26 Å². The number of hydrogen-bond acceptors (Lipinski definition) is 8. The van der Waals surface area contributed by atoms with Crippen molar-refractivity contribution in [3.63, 3.8) is 0 Å². The average molecular weight is 428 g/mol. The highest BCUT2D eigenvalue weighted by molar-refractivity contribution is 7.17. The van der Waals surface area contributed by atoms with Gasteiger partial charge in [0.1, 0.15) is 33.7 Å². The lowest BCUT2D eigenvalue weighted by molar-refractivity contribution is 0.215. The first-order chi connectivity index (χ1) is 14.5. The summed E-state index contributed by atoms with van der Waals surface area (Å²) >= 11 is 1.50. The van der Waals surface area contributed by atoms with Gasteiger partial charge in [-0.2, -0.15) is 5.26 Å². The number of fused-ring (bicyclic) bond motifs is 1. The van der Waals surface area contributed by atoms with Gasteiger partial charge in [-0.3, -0.25) is 0 Å². The number of piperazine rings is 1. The van der Waals surface area contributed by atoms with Crippen LogP contribution >= 0.6 is 11.3 Å². The molecule has 1 aromatic heterocycles. The minimum Gasteiger partial charge on any atom is -0.504 e.